The number of hydrogen-bond donors (Lipinski definition) is 0. The van der Waals surface area contributed by atoms with E-state index in [4.69, 9.17) is 14.7 Å². The molecule has 0 aliphatic heterocycles. The molecule has 0 radical (unpaired) electrons. The Labute approximate surface area is 146 Å². The molecule has 0 fully saturated rings. The van der Waals surface area contributed by atoms with E-state index in [1.54, 1.807) is 26.0 Å². The van der Waals surface area contributed by atoms with E-state index in [2.05, 4.69) is 0 Å². The normalized spacial score (nSPS) is 10.8. The van der Waals surface area contributed by atoms with E-state index < -0.39 is 24.0 Å². The number of benzene rings is 2. The molecular weight excluding hydrogens is 320 g/mol. The zero-order chi connectivity index (χ0) is 18.6. The van der Waals surface area contributed by atoms with Crippen LogP contribution in [0.4, 0.5) is 0 Å². The van der Waals surface area contributed by atoms with Crippen LogP contribution in [-0.2, 0) is 9.53 Å². The first-order chi connectivity index (χ1) is 11.8. The van der Waals surface area contributed by atoms with Gasteiger partial charge in [-0.1, -0.05) is 24.3 Å². The monoisotopic (exact) mass is 340 g/mol. The number of fused-ring (bicyclic) bond motifs is 1. The summed E-state index contributed by atoms with van der Waals surface area (Å²) < 4.78 is 10.4. The summed E-state index contributed by atoms with van der Waals surface area (Å²) in [7, 11) is 2.96. The van der Waals surface area contributed by atoms with E-state index in [0.717, 1.165) is 10.8 Å². The molecule has 0 atom stereocenters. The first-order valence-electron chi connectivity index (χ1n) is 7.72. The van der Waals surface area contributed by atoms with Gasteiger partial charge < -0.3 is 14.4 Å². The lowest BCUT2D eigenvalue weighted by atomic mass is 10.1. The molecule has 25 heavy (non-hydrogen) atoms. The van der Waals surface area contributed by atoms with Crippen molar-refractivity contribution in [1.29, 1.82) is 5.26 Å². The molecule has 0 aliphatic rings. The summed E-state index contributed by atoms with van der Waals surface area (Å²) in [6.07, 6.45) is 0. The Morgan fingerprint density at radius 1 is 1.20 bits per heavy atom. The quantitative estimate of drug-likeness (QED) is 0.782. The molecule has 2 aromatic rings. The van der Waals surface area contributed by atoms with Gasteiger partial charge in [-0.05, 0) is 36.8 Å². The summed E-state index contributed by atoms with van der Waals surface area (Å²) in [5.74, 6) is -0.736. The zero-order valence-corrected chi connectivity index (χ0v) is 14.7. The topological polar surface area (TPSA) is 79.6 Å². The van der Waals surface area contributed by atoms with Crippen molar-refractivity contribution in [3.63, 3.8) is 0 Å². The van der Waals surface area contributed by atoms with E-state index in [1.165, 1.54) is 19.1 Å². The maximum absolute atomic E-state index is 12.4. The number of nitrogens with zero attached hydrogens (tertiary/aromatic N) is 2. The summed E-state index contributed by atoms with van der Waals surface area (Å²) in [5.41, 5.74) is -0.736. The molecule has 0 heterocycles. The van der Waals surface area contributed by atoms with Gasteiger partial charge in [0, 0.05) is 7.05 Å². The van der Waals surface area contributed by atoms with Crippen molar-refractivity contribution in [1.82, 2.24) is 4.90 Å². The number of esters is 1. The molecule has 2 aromatic carbocycles. The Kier molecular flexibility index (Phi) is 5.28. The van der Waals surface area contributed by atoms with Gasteiger partial charge in [0.25, 0.3) is 5.91 Å². The minimum atomic E-state index is -0.982. The van der Waals surface area contributed by atoms with Crippen LogP contribution in [0.1, 0.15) is 24.2 Å². The van der Waals surface area contributed by atoms with Gasteiger partial charge in [0.1, 0.15) is 16.9 Å². The molecule has 0 unspecified atom stereocenters. The van der Waals surface area contributed by atoms with Crippen molar-refractivity contribution in [3.8, 4) is 11.8 Å². The molecule has 0 N–H and O–H groups in total. The van der Waals surface area contributed by atoms with Crippen molar-refractivity contribution in [2.45, 2.75) is 19.4 Å². The molecular formula is C19H20N2O4. The number of nitriles is 1. The van der Waals surface area contributed by atoms with Gasteiger partial charge in [-0.2, -0.15) is 5.26 Å². The van der Waals surface area contributed by atoms with E-state index in [1.807, 2.05) is 30.3 Å². The van der Waals surface area contributed by atoms with E-state index >= 15 is 0 Å². The van der Waals surface area contributed by atoms with Gasteiger partial charge in [0.15, 0.2) is 6.61 Å². The fourth-order valence-electron chi connectivity index (χ4n) is 2.24. The lowest BCUT2D eigenvalue weighted by Gasteiger charge is -2.28. The number of carbonyl (C=O) groups is 2. The molecule has 0 spiro atoms. The molecule has 0 aliphatic carbocycles. The van der Waals surface area contributed by atoms with E-state index in [-0.39, 0.29) is 5.56 Å². The molecule has 6 nitrogen and oxygen atoms in total. The number of rotatable bonds is 5. The fourth-order valence-corrected chi connectivity index (χ4v) is 2.24. The van der Waals surface area contributed by atoms with Crippen LogP contribution in [0.3, 0.4) is 0 Å². The first-order valence-corrected chi connectivity index (χ1v) is 7.72. The van der Waals surface area contributed by atoms with Crippen molar-refractivity contribution < 1.29 is 19.1 Å². The number of carbonyl (C=O) groups excluding carboxylic acids is 2. The van der Waals surface area contributed by atoms with E-state index in [9.17, 15) is 9.59 Å². The minimum absolute atomic E-state index is 0.246. The summed E-state index contributed by atoms with van der Waals surface area (Å²) in [6, 6.07) is 13.0. The standard InChI is InChI=1S/C19H20N2O4/c1-19(2,12-20)21(3)17(22)11-25-18(23)15-9-13-7-5-6-8-14(13)10-16(15)24-4/h5-10H,11H2,1-4H3. The lowest BCUT2D eigenvalue weighted by molar-refractivity contribution is -0.136. The Bertz CT molecular complexity index is 852. The molecule has 0 aromatic heterocycles. The SMILES string of the molecule is COc1cc2ccccc2cc1C(=O)OCC(=O)N(C)C(C)(C)C#N. The van der Waals surface area contributed by atoms with E-state index in [0.29, 0.717) is 5.75 Å². The third kappa shape index (κ3) is 3.89. The Morgan fingerprint density at radius 3 is 2.36 bits per heavy atom. The molecule has 2 rings (SSSR count). The van der Waals surface area contributed by atoms with Gasteiger partial charge in [-0.3, -0.25) is 4.79 Å². The van der Waals surface area contributed by atoms with Crippen LogP contribution in [0, 0.1) is 11.3 Å². The van der Waals surface area contributed by atoms with Crippen LogP contribution in [-0.4, -0.2) is 43.1 Å². The van der Waals surface area contributed by atoms with Gasteiger partial charge >= 0.3 is 5.97 Å². The number of ether oxygens (including phenoxy) is 2. The summed E-state index contributed by atoms with van der Waals surface area (Å²) in [5, 5.41) is 10.9. The molecule has 0 saturated carbocycles. The zero-order valence-electron chi connectivity index (χ0n) is 14.7. The highest BCUT2D eigenvalue weighted by Gasteiger charge is 2.28. The van der Waals surface area contributed by atoms with Crippen molar-refractivity contribution in [2.24, 2.45) is 0 Å². The second-order valence-electron chi connectivity index (χ2n) is 6.10. The third-order valence-corrected chi connectivity index (χ3v) is 4.10. The van der Waals surface area contributed by atoms with Crippen LogP contribution in [0.5, 0.6) is 5.75 Å². The molecule has 1 amide bonds. The van der Waals surface area contributed by atoms with Crippen molar-refractivity contribution in [3.05, 3.63) is 42.0 Å². The van der Waals surface area contributed by atoms with Crippen LogP contribution in [0.25, 0.3) is 10.8 Å². The second kappa shape index (κ2) is 7.22. The van der Waals surface area contributed by atoms with Gasteiger partial charge in [0.05, 0.1) is 13.2 Å². The first kappa shape index (κ1) is 18.3. The molecule has 130 valence electrons. The highest BCUT2D eigenvalue weighted by Crippen LogP contribution is 2.26. The third-order valence-electron chi connectivity index (χ3n) is 4.10. The summed E-state index contributed by atoms with van der Waals surface area (Å²) in [6.45, 7) is 2.77. The van der Waals surface area contributed by atoms with Crippen molar-refractivity contribution in [2.75, 3.05) is 20.8 Å². The number of likely N-dealkylation sites (N-methyl/N-ethyl adjacent to an activating group) is 1. The summed E-state index contributed by atoms with van der Waals surface area (Å²) in [4.78, 5) is 25.7. The van der Waals surface area contributed by atoms with Crippen LogP contribution in [0.15, 0.2) is 36.4 Å². The molecule has 0 bridgehead atoms. The van der Waals surface area contributed by atoms with Gasteiger partial charge in [-0.15, -0.1) is 0 Å². The Balaban J connectivity index is 2.17. The predicted octanol–water partition coefficient (Wildman–Crippen LogP) is 2.77. The van der Waals surface area contributed by atoms with Gasteiger partial charge in [0.2, 0.25) is 0 Å². The Morgan fingerprint density at radius 2 is 1.80 bits per heavy atom. The fraction of sp³-hybridized carbons (Fsp3) is 0.316. The maximum atomic E-state index is 12.4. The highest BCUT2D eigenvalue weighted by molar-refractivity contribution is 5.99. The molecule has 6 heteroatoms. The maximum Gasteiger partial charge on any atom is 0.342 e. The predicted molar refractivity (Wildman–Crippen MR) is 93.2 cm³/mol. The highest BCUT2D eigenvalue weighted by atomic mass is 16.5. The van der Waals surface area contributed by atoms with Gasteiger partial charge in [-0.25, -0.2) is 4.79 Å². The minimum Gasteiger partial charge on any atom is -0.496 e. The Hall–Kier alpha value is -3.07. The average molecular weight is 340 g/mol. The van der Waals surface area contributed by atoms with Crippen LogP contribution < -0.4 is 4.74 Å². The number of methoxy groups -OCH3 is 1. The summed E-state index contributed by atoms with van der Waals surface area (Å²) >= 11 is 0. The average Bonchev–Trinajstić information content (AvgIpc) is 2.63. The van der Waals surface area contributed by atoms with Crippen LogP contribution in [0.2, 0.25) is 0 Å². The van der Waals surface area contributed by atoms with Crippen LogP contribution >= 0.6 is 0 Å². The lowest BCUT2D eigenvalue weighted by Crippen LogP contribution is -2.45. The number of hydrogen-bond acceptors (Lipinski definition) is 5. The smallest absolute Gasteiger partial charge is 0.342 e. The largest absolute Gasteiger partial charge is 0.496 e. The second-order valence-corrected chi connectivity index (χ2v) is 6.10. The number of amides is 1. The van der Waals surface area contributed by atoms with Crippen molar-refractivity contribution >= 4 is 22.6 Å². The molecule has 0 saturated heterocycles.